The highest BCUT2D eigenvalue weighted by atomic mass is 35.5. The number of sulfone groups is 2. The van der Waals surface area contributed by atoms with Crippen molar-refractivity contribution < 1.29 is 21.8 Å². The van der Waals surface area contributed by atoms with Crippen LogP contribution in [0.25, 0.3) is 0 Å². The highest BCUT2D eigenvalue weighted by Crippen LogP contribution is 2.33. The number of benzene rings is 1. The smallest absolute Gasteiger partial charge is 0.258 e. The van der Waals surface area contributed by atoms with E-state index in [0.717, 1.165) is 24.5 Å². The van der Waals surface area contributed by atoms with E-state index in [1.165, 1.54) is 6.92 Å². The fraction of sp³-hybridized carbons (Fsp3) is 0.400. The molecule has 112 valence electrons. The lowest BCUT2D eigenvalue weighted by molar-refractivity contribution is -0.390. The molecule has 1 unspecified atom stereocenters. The summed E-state index contributed by atoms with van der Waals surface area (Å²) in [5.74, 6) is -0.261. The Morgan fingerprint density at radius 1 is 1.25 bits per heavy atom. The van der Waals surface area contributed by atoms with Crippen LogP contribution in [-0.4, -0.2) is 39.1 Å². The van der Waals surface area contributed by atoms with Crippen LogP contribution in [0, 0.1) is 10.1 Å². The lowest BCUT2D eigenvalue weighted by Crippen LogP contribution is -2.21. The van der Waals surface area contributed by atoms with Crippen LogP contribution in [0.3, 0.4) is 0 Å². The van der Waals surface area contributed by atoms with Crippen molar-refractivity contribution in [2.45, 2.75) is 22.0 Å². The van der Waals surface area contributed by atoms with E-state index in [9.17, 15) is 26.9 Å². The van der Waals surface area contributed by atoms with Gasteiger partial charge in [-0.05, 0) is 19.1 Å². The zero-order chi connectivity index (χ0) is 15.7. The van der Waals surface area contributed by atoms with Crippen molar-refractivity contribution in [3.05, 3.63) is 28.3 Å². The van der Waals surface area contributed by atoms with Crippen molar-refractivity contribution in [2.75, 3.05) is 12.1 Å². The van der Waals surface area contributed by atoms with Crippen LogP contribution in [0.15, 0.2) is 28.0 Å². The number of para-hydroxylation sites is 1. The molecule has 1 atom stereocenters. The van der Waals surface area contributed by atoms with Gasteiger partial charge in [-0.15, -0.1) is 11.6 Å². The molecule has 1 aromatic rings. The van der Waals surface area contributed by atoms with Gasteiger partial charge in [-0.25, -0.2) is 16.8 Å². The highest BCUT2D eigenvalue weighted by Gasteiger charge is 2.35. The van der Waals surface area contributed by atoms with Gasteiger partial charge in [0.2, 0.25) is 0 Å². The number of nitro groups is 1. The highest BCUT2D eigenvalue weighted by molar-refractivity contribution is 7.92. The summed E-state index contributed by atoms with van der Waals surface area (Å²) >= 11 is 5.48. The molecule has 0 bridgehead atoms. The van der Waals surface area contributed by atoms with Gasteiger partial charge in [0.15, 0.2) is 19.7 Å². The largest absolute Gasteiger partial charge is 0.306 e. The number of nitro benzene ring substituents is 1. The monoisotopic (exact) mass is 341 g/mol. The Bertz CT molecular complexity index is 741. The van der Waals surface area contributed by atoms with Crippen molar-refractivity contribution in [2.24, 2.45) is 0 Å². The summed E-state index contributed by atoms with van der Waals surface area (Å²) in [6, 6.07) is 3.15. The number of rotatable bonds is 5. The molecule has 1 aromatic carbocycles. The first kappa shape index (κ1) is 16.9. The van der Waals surface area contributed by atoms with Crippen molar-refractivity contribution in [3.8, 4) is 0 Å². The summed E-state index contributed by atoms with van der Waals surface area (Å²) in [4.78, 5) is 8.81. The molecule has 0 fully saturated rings. The topological polar surface area (TPSA) is 111 Å². The van der Waals surface area contributed by atoms with Crippen LogP contribution >= 0.6 is 11.6 Å². The first-order valence-electron chi connectivity index (χ1n) is 5.30. The summed E-state index contributed by atoms with van der Waals surface area (Å²) in [6.45, 7) is 1.29. The zero-order valence-corrected chi connectivity index (χ0v) is 13.0. The van der Waals surface area contributed by atoms with E-state index in [1.54, 1.807) is 0 Å². The molecule has 7 nitrogen and oxygen atoms in total. The van der Waals surface area contributed by atoms with Gasteiger partial charge in [0.05, 0.1) is 10.2 Å². The van der Waals surface area contributed by atoms with Gasteiger partial charge in [0, 0.05) is 12.1 Å². The van der Waals surface area contributed by atoms with Crippen LogP contribution in [0.4, 0.5) is 5.69 Å². The second kappa shape index (κ2) is 5.66. The minimum Gasteiger partial charge on any atom is -0.258 e. The van der Waals surface area contributed by atoms with Gasteiger partial charge >= 0.3 is 5.69 Å². The molecule has 0 heterocycles. The molecule has 10 heteroatoms. The lowest BCUT2D eigenvalue weighted by atomic mass is 10.3. The fourth-order valence-corrected chi connectivity index (χ4v) is 4.26. The summed E-state index contributed by atoms with van der Waals surface area (Å²) in [6.07, 6.45) is 0.775. The van der Waals surface area contributed by atoms with Gasteiger partial charge in [-0.2, -0.15) is 0 Å². The molecule has 20 heavy (non-hydrogen) atoms. The van der Waals surface area contributed by atoms with Crippen molar-refractivity contribution in [3.63, 3.8) is 0 Å². The summed E-state index contributed by atoms with van der Waals surface area (Å²) < 4.78 is 47.5. The maximum atomic E-state index is 12.2. The minimum absolute atomic E-state index is 0.261. The molecule has 0 amide bonds. The van der Waals surface area contributed by atoms with E-state index in [2.05, 4.69) is 0 Å². The third kappa shape index (κ3) is 3.10. The number of hydrogen-bond donors (Lipinski definition) is 0. The third-order valence-electron chi connectivity index (χ3n) is 2.60. The van der Waals surface area contributed by atoms with Crippen LogP contribution < -0.4 is 0 Å². The van der Waals surface area contributed by atoms with E-state index >= 15 is 0 Å². The van der Waals surface area contributed by atoms with Gasteiger partial charge in [-0.1, -0.05) is 6.07 Å². The third-order valence-corrected chi connectivity index (χ3v) is 6.54. The molecule has 0 aliphatic carbocycles. The summed E-state index contributed by atoms with van der Waals surface area (Å²) in [5, 5.41) is 10.0. The second-order valence-corrected chi connectivity index (χ2v) is 8.77. The predicted octanol–water partition coefficient (Wildman–Crippen LogP) is 1.40. The molecule has 0 saturated carbocycles. The Balaban J connectivity index is 3.80. The molecule has 0 spiro atoms. The number of alkyl halides is 1. The van der Waals surface area contributed by atoms with E-state index in [0.29, 0.717) is 0 Å². The lowest BCUT2D eigenvalue weighted by Gasteiger charge is -2.11. The number of nitrogens with zero attached hydrogens (tertiary/aromatic N) is 1. The van der Waals surface area contributed by atoms with E-state index < -0.39 is 45.3 Å². The molecule has 0 radical (unpaired) electrons. The van der Waals surface area contributed by atoms with Gasteiger partial charge < -0.3 is 0 Å². The molecule has 1 rings (SSSR count). The van der Waals surface area contributed by atoms with E-state index in [-0.39, 0.29) is 5.88 Å². The Morgan fingerprint density at radius 3 is 2.15 bits per heavy atom. The summed E-state index contributed by atoms with van der Waals surface area (Å²) in [5.41, 5.74) is -0.938. The Morgan fingerprint density at radius 2 is 1.75 bits per heavy atom. The molecule has 0 saturated heterocycles. The average molecular weight is 342 g/mol. The SMILES string of the molecule is CC(CCl)S(=O)(=O)c1cccc(S(C)(=O)=O)c1[N+](=O)[O-]. The summed E-state index contributed by atoms with van der Waals surface area (Å²) in [7, 11) is -8.02. The number of halogens is 1. The van der Waals surface area contributed by atoms with Crippen molar-refractivity contribution in [1.82, 2.24) is 0 Å². The zero-order valence-electron chi connectivity index (χ0n) is 10.6. The van der Waals surface area contributed by atoms with Crippen LogP contribution in [0.1, 0.15) is 6.92 Å². The molecular formula is C10H12ClNO6S2. The minimum atomic E-state index is -4.09. The number of hydrogen-bond acceptors (Lipinski definition) is 6. The molecular weight excluding hydrogens is 330 g/mol. The Kier molecular flexibility index (Phi) is 4.78. The average Bonchev–Trinajstić information content (AvgIpc) is 2.35. The van der Waals surface area contributed by atoms with Gasteiger partial charge in [0.25, 0.3) is 0 Å². The van der Waals surface area contributed by atoms with Crippen molar-refractivity contribution in [1.29, 1.82) is 0 Å². The van der Waals surface area contributed by atoms with E-state index in [1.807, 2.05) is 0 Å². The Labute approximate surface area is 121 Å². The van der Waals surface area contributed by atoms with Gasteiger partial charge in [0.1, 0.15) is 9.79 Å². The Hall–Kier alpha value is -1.19. The van der Waals surface area contributed by atoms with Gasteiger partial charge in [-0.3, -0.25) is 10.1 Å². The molecule has 0 aliphatic heterocycles. The predicted molar refractivity (Wildman–Crippen MR) is 73.6 cm³/mol. The first-order chi connectivity index (χ1) is 9.03. The van der Waals surface area contributed by atoms with Crippen LogP contribution in [0.2, 0.25) is 0 Å². The van der Waals surface area contributed by atoms with Crippen LogP contribution in [0.5, 0.6) is 0 Å². The maximum Gasteiger partial charge on any atom is 0.306 e. The standard InChI is InChI=1S/C10H12ClNO6S2/c1-7(6-11)20(17,18)9-5-3-4-8(19(2,15)16)10(9)12(13)14/h3-5,7H,6H2,1-2H3. The van der Waals surface area contributed by atoms with Crippen LogP contribution in [-0.2, 0) is 19.7 Å². The normalized spacial score (nSPS) is 13.9. The maximum absolute atomic E-state index is 12.2. The quantitative estimate of drug-likeness (QED) is 0.454. The first-order valence-corrected chi connectivity index (χ1v) is 9.28. The molecule has 0 N–H and O–H groups in total. The fourth-order valence-electron chi connectivity index (χ4n) is 1.51. The molecule has 0 aliphatic rings. The molecule has 0 aromatic heterocycles. The van der Waals surface area contributed by atoms with Crippen molar-refractivity contribution >= 4 is 37.0 Å². The van der Waals surface area contributed by atoms with E-state index in [4.69, 9.17) is 11.6 Å². The second-order valence-electron chi connectivity index (χ2n) is 4.14.